The molecule has 5 heteroatoms. The Balaban J connectivity index is 2.77. The lowest BCUT2D eigenvalue weighted by Gasteiger charge is -2.23. The number of hydrogen-bond acceptors (Lipinski definition) is 4. The van der Waals surface area contributed by atoms with E-state index in [4.69, 9.17) is 0 Å². The first kappa shape index (κ1) is 10.7. The molecule has 1 aliphatic heterocycles. The molecule has 78 valence electrons. The van der Waals surface area contributed by atoms with Crippen LogP contribution in [0.4, 0.5) is 0 Å². The molecular formula is C9H13NO4. The van der Waals surface area contributed by atoms with Gasteiger partial charge in [-0.15, -0.1) is 0 Å². The van der Waals surface area contributed by atoms with E-state index >= 15 is 0 Å². The molecule has 0 bridgehead atoms. The molecule has 1 N–H and O–H groups in total. The minimum Gasteiger partial charge on any atom is -0.465 e. The summed E-state index contributed by atoms with van der Waals surface area (Å²) in [5, 5.41) is 2.49. The highest BCUT2D eigenvalue weighted by atomic mass is 16.5. The third kappa shape index (κ3) is 1.92. The van der Waals surface area contributed by atoms with E-state index in [1.165, 1.54) is 0 Å². The number of carbonyl (C=O) groups excluding carboxylic acids is 3. The molecule has 1 heterocycles. The van der Waals surface area contributed by atoms with Gasteiger partial charge in [0.2, 0.25) is 5.91 Å². The molecule has 1 rings (SSSR count). The van der Waals surface area contributed by atoms with Crippen LogP contribution in [0.15, 0.2) is 0 Å². The number of amides is 1. The van der Waals surface area contributed by atoms with Crippen molar-refractivity contribution >= 4 is 17.7 Å². The molecule has 2 atom stereocenters. The highest BCUT2D eigenvalue weighted by Gasteiger charge is 2.41. The zero-order chi connectivity index (χ0) is 10.7. The number of piperidine rings is 1. The predicted molar refractivity (Wildman–Crippen MR) is 47.3 cm³/mol. The zero-order valence-corrected chi connectivity index (χ0v) is 8.20. The van der Waals surface area contributed by atoms with E-state index < -0.39 is 17.8 Å². The fraction of sp³-hybridized carbons (Fsp3) is 0.667. The quantitative estimate of drug-likeness (QED) is 0.480. The molecule has 1 amide bonds. The molecule has 1 saturated heterocycles. The van der Waals surface area contributed by atoms with Gasteiger partial charge in [0, 0.05) is 12.5 Å². The molecule has 1 aliphatic rings. The van der Waals surface area contributed by atoms with Gasteiger partial charge < -0.3 is 10.1 Å². The molecule has 2 unspecified atom stereocenters. The van der Waals surface area contributed by atoms with Crippen LogP contribution < -0.4 is 5.32 Å². The van der Waals surface area contributed by atoms with Gasteiger partial charge in [-0.2, -0.15) is 0 Å². The highest BCUT2D eigenvalue weighted by Crippen LogP contribution is 2.14. The number of ether oxygens (including phenoxy) is 1. The van der Waals surface area contributed by atoms with Crippen molar-refractivity contribution < 1.29 is 19.1 Å². The Bertz CT molecular complexity index is 274. The number of rotatable bonds is 2. The second-order valence-electron chi connectivity index (χ2n) is 3.23. The van der Waals surface area contributed by atoms with Gasteiger partial charge in [-0.05, 0) is 6.92 Å². The standard InChI is InChI=1S/C9H13NO4/c1-3-14-9(13)6-7(11)5(2)4-10-8(6)12/h5-6H,3-4H2,1-2H3,(H,10,12). The summed E-state index contributed by atoms with van der Waals surface area (Å²) >= 11 is 0. The van der Waals surface area contributed by atoms with Crippen molar-refractivity contribution in [2.45, 2.75) is 13.8 Å². The summed E-state index contributed by atoms with van der Waals surface area (Å²) in [6.07, 6.45) is 0. The molecule has 5 nitrogen and oxygen atoms in total. The third-order valence-electron chi connectivity index (χ3n) is 2.14. The molecule has 0 radical (unpaired) electrons. The summed E-state index contributed by atoms with van der Waals surface area (Å²) in [4.78, 5) is 34.0. The highest BCUT2D eigenvalue weighted by molar-refractivity contribution is 6.18. The SMILES string of the molecule is CCOC(=O)C1C(=O)NCC(C)C1=O. The average molecular weight is 199 g/mol. The van der Waals surface area contributed by atoms with Gasteiger partial charge >= 0.3 is 5.97 Å². The van der Waals surface area contributed by atoms with Crippen LogP contribution in [0, 0.1) is 11.8 Å². The monoisotopic (exact) mass is 199 g/mol. The fourth-order valence-corrected chi connectivity index (χ4v) is 1.32. The maximum absolute atomic E-state index is 11.5. The molecule has 0 aliphatic carbocycles. The fourth-order valence-electron chi connectivity index (χ4n) is 1.32. The summed E-state index contributed by atoms with van der Waals surface area (Å²) in [5.41, 5.74) is 0. The van der Waals surface area contributed by atoms with Crippen molar-refractivity contribution in [3.8, 4) is 0 Å². The summed E-state index contributed by atoms with van der Waals surface area (Å²) in [6.45, 7) is 3.78. The third-order valence-corrected chi connectivity index (χ3v) is 2.14. The lowest BCUT2D eigenvalue weighted by molar-refractivity contribution is -0.158. The van der Waals surface area contributed by atoms with Crippen LogP contribution in [0.25, 0.3) is 0 Å². The first-order valence-corrected chi connectivity index (χ1v) is 4.56. The number of Topliss-reactive ketones (excluding diaryl/α,β-unsaturated/α-hetero) is 1. The van der Waals surface area contributed by atoms with Crippen molar-refractivity contribution in [3.63, 3.8) is 0 Å². The average Bonchev–Trinajstić information content (AvgIpc) is 2.13. The van der Waals surface area contributed by atoms with Crippen molar-refractivity contribution in [1.29, 1.82) is 0 Å². The van der Waals surface area contributed by atoms with Crippen molar-refractivity contribution in [1.82, 2.24) is 5.32 Å². The Morgan fingerprint density at radius 1 is 1.57 bits per heavy atom. The molecule has 0 aromatic carbocycles. The Morgan fingerprint density at radius 2 is 2.21 bits per heavy atom. The molecule has 0 aromatic heterocycles. The van der Waals surface area contributed by atoms with Crippen LogP contribution in [0.2, 0.25) is 0 Å². The van der Waals surface area contributed by atoms with Gasteiger partial charge in [0.05, 0.1) is 6.61 Å². The van der Waals surface area contributed by atoms with Gasteiger partial charge in [0.25, 0.3) is 0 Å². The molecule has 0 aromatic rings. The van der Waals surface area contributed by atoms with Gasteiger partial charge in [0.1, 0.15) is 0 Å². The van der Waals surface area contributed by atoms with Crippen molar-refractivity contribution in [2.75, 3.05) is 13.2 Å². The first-order valence-electron chi connectivity index (χ1n) is 4.56. The van der Waals surface area contributed by atoms with E-state index in [2.05, 4.69) is 10.1 Å². The number of ketones is 1. The van der Waals surface area contributed by atoms with E-state index in [-0.39, 0.29) is 18.3 Å². The second-order valence-corrected chi connectivity index (χ2v) is 3.23. The van der Waals surface area contributed by atoms with Gasteiger partial charge in [-0.3, -0.25) is 14.4 Å². The maximum Gasteiger partial charge on any atom is 0.326 e. The number of carbonyl (C=O) groups is 3. The largest absolute Gasteiger partial charge is 0.465 e. The lowest BCUT2D eigenvalue weighted by Crippen LogP contribution is -2.51. The minimum atomic E-state index is -1.27. The number of esters is 1. The van der Waals surface area contributed by atoms with Crippen LogP contribution in [-0.4, -0.2) is 30.8 Å². The normalized spacial score (nSPS) is 27.0. The molecule has 1 fully saturated rings. The Kier molecular flexibility index (Phi) is 3.22. The summed E-state index contributed by atoms with van der Waals surface area (Å²) in [5.74, 6) is -3.24. The Labute approximate surface area is 81.8 Å². The van der Waals surface area contributed by atoms with E-state index in [0.717, 1.165) is 0 Å². The molecule has 0 spiro atoms. The predicted octanol–water partition coefficient (Wildman–Crippen LogP) is -0.499. The van der Waals surface area contributed by atoms with Crippen LogP contribution in [0.3, 0.4) is 0 Å². The van der Waals surface area contributed by atoms with Gasteiger partial charge in [-0.1, -0.05) is 6.92 Å². The summed E-state index contributed by atoms with van der Waals surface area (Å²) in [7, 11) is 0. The maximum atomic E-state index is 11.5. The topological polar surface area (TPSA) is 72.5 Å². The first-order chi connectivity index (χ1) is 6.57. The summed E-state index contributed by atoms with van der Waals surface area (Å²) < 4.78 is 4.65. The van der Waals surface area contributed by atoms with E-state index in [1.54, 1.807) is 13.8 Å². The minimum absolute atomic E-state index is 0.171. The number of hydrogen-bond donors (Lipinski definition) is 1. The number of nitrogens with one attached hydrogen (secondary N) is 1. The molecular weight excluding hydrogens is 186 g/mol. The van der Waals surface area contributed by atoms with Gasteiger partial charge in [-0.25, -0.2) is 0 Å². The van der Waals surface area contributed by atoms with Crippen LogP contribution >= 0.6 is 0 Å². The van der Waals surface area contributed by atoms with Crippen LogP contribution in [-0.2, 0) is 19.1 Å². The van der Waals surface area contributed by atoms with E-state index in [1.807, 2.05) is 0 Å². The van der Waals surface area contributed by atoms with Crippen LogP contribution in [0.1, 0.15) is 13.8 Å². The zero-order valence-electron chi connectivity index (χ0n) is 8.20. The Morgan fingerprint density at radius 3 is 2.79 bits per heavy atom. The molecule has 14 heavy (non-hydrogen) atoms. The summed E-state index contributed by atoms with van der Waals surface area (Å²) in [6, 6.07) is 0. The van der Waals surface area contributed by atoms with Crippen LogP contribution in [0.5, 0.6) is 0 Å². The molecule has 0 saturated carbocycles. The van der Waals surface area contributed by atoms with E-state index in [9.17, 15) is 14.4 Å². The Hall–Kier alpha value is -1.39. The van der Waals surface area contributed by atoms with E-state index in [0.29, 0.717) is 6.54 Å². The van der Waals surface area contributed by atoms with Gasteiger partial charge in [0.15, 0.2) is 11.7 Å². The van der Waals surface area contributed by atoms with Crippen molar-refractivity contribution in [3.05, 3.63) is 0 Å². The van der Waals surface area contributed by atoms with Crippen molar-refractivity contribution in [2.24, 2.45) is 11.8 Å². The lowest BCUT2D eigenvalue weighted by atomic mass is 9.89. The second kappa shape index (κ2) is 4.21. The smallest absolute Gasteiger partial charge is 0.326 e.